The van der Waals surface area contributed by atoms with Crippen LogP contribution in [0.2, 0.25) is 0 Å². The first-order valence-corrected chi connectivity index (χ1v) is 8.78. The molecule has 6 nitrogen and oxygen atoms in total. The molecule has 2 saturated heterocycles. The maximum Gasteiger partial charge on any atom is 0.236 e. The summed E-state index contributed by atoms with van der Waals surface area (Å²) in [4.78, 5) is 31.5. The van der Waals surface area contributed by atoms with Crippen molar-refractivity contribution in [1.82, 2.24) is 9.88 Å². The zero-order valence-corrected chi connectivity index (χ0v) is 14.6. The van der Waals surface area contributed by atoms with Crippen molar-refractivity contribution in [3.05, 3.63) is 54.4 Å². The van der Waals surface area contributed by atoms with Gasteiger partial charge in [0.05, 0.1) is 12.5 Å². The lowest BCUT2D eigenvalue weighted by Gasteiger charge is -2.29. The van der Waals surface area contributed by atoms with Gasteiger partial charge in [-0.3, -0.25) is 14.6 Å². The van der Waals surface area contributed by atoms with Gasteiger partial charge in [0.1, 0.15) is 5.75 Å². The molecule has 26 heavy (non-hydrogen) atoms. The predicted octanol–water partition coefficient (Wildman–Crippen LogP) is 2.36. The van der Waals surface area contributed by atoms with Crippen molar-refractivity contribution in [1.29, 1.82) is 0 Å². The van der Waals surface area contributed by atoms with Crippen LogP contribution in [0.1, 0.15) is 24.8 Å². The summed E-state index contributed by atoms with van der Waals surface area (Å²) in [6.07, 6.45) is 5.30. The Labute approximate surface area is 152 Å². The molecule has 2 atom stereocenters. The highest BCUT2D eigenvalue weighted by atomic mass is 16.5. The second kappa shape index (κ2) is 6.44. The third kappa shape index (κ3) is 2.71. The van der Waals surface area contributed by atoms with E-state index in [0.717, 1.165) is 12.0 Å². The van der Waals surface area contributed by atoms with Gasteiger partial charge in [-0.05, 0) is 42.7 Å². The molecule has 134 valence electrons. The molecule has 0 bridgehead atoms. The van der Waals surface area contributed by atoms with Crippen LogP contribution in [0.25, 0.3) is 0 Å². The zero-order chi connectivity index (χ0) is 18.1. The van der Waals surface area contributed by atoms with Crippen LogP contribution in [0.5, 0.6) is 5.75 Å². The van der Waals surface area contributed by atoms with Gasteiger partial charge >= 0.3 is 0 Å². The number of nitrogens with one attached hydrogen (secondary N) is 1. The van der Waals surface area contributed by atoms with Crippen molar-refractivity contribution >= 4 is 17.5 Å². The molecule has 2 aromatic rings. The Bertz CT molecular complexity index is 839. The lowest BCUT2D eigenvalue weighted by atomic mass is 9.76. The monoisotopic (exact) mass is 351 g/mol. The molecule has 0 saturated carbocycles. The molecule has 4 rings (SSSR count). The summed E-state index contributed by atoms with van der Waals surface area (Å²) in [7, 11) is 1.61. The molecule has 0 radical (unpaired) electrons. The molecule has 1 aromatic heterocycles. The van der Waals surface area contributed by atoms with Crippen LogP contribution in [0, 0.1) is 0 Å². The first kappa shape index (κ1) is 16.6. The molecule has 0 aliphatic carbocycles. The standard InChI is InChI=1S/C20H21N3O3/c1-26-17-4-2-3-14(11-17)20(12-16-5-6-18(24)23(16)13-20)19(25)22-15-7-9-21-10-8-15/h2-4,7-11,16H,5-6,12-13H2,1H3,(H,21,22,25)/t16-,20-/m0/s1. The minimum Gasteiger partial charge on any atom is -0.497 e. The van der Waals surface area contributed by atoms with Crippen molar-refractivity contribution in [2.24, 2.45) is 0 Å². The summed E-state index contributed by atoms with van der Waals surface area (Å²) in [5.41, 5.74) is 0.801. The van der Waals surface area contributed by atoms with Gasteiger partial charge in [-0.2, -0.15) is 0 Å². The highest BCUT2D eigenvalue weighted by Gasteiger charge is 2.53. The maximum absolute atomic E-state index is 13.4. The van der Waals surface area contributed by atoms with Crippen LogP contribution < -0.4 is 10.1 Å². The highest BCUT2D eigenvalue weighted by molar-refractivity contribution is 6.00. The van der Waals surface area contributed by atoms with Crippen LogP contribution in [0.15, 0.2) is 48.8 Å². The molecular weight excluding hydrogens is 330 g/mol. The second-order valence-electron chi connectivity index (χ2n) is 6.92. The van der Waals surface area contributed by atoms with E-state index in [1.807, 2.05) is 29.2 Å². The number of nitrogens with zero attached hydrogens (tertiary/aromatic N) is 2. The molecule has 1 N–H and O–H groups in total. The van der Waals surface area contributed by atoms with E-state index in [-0.39, 0.29) is 17.9 Å². The zero-order valence-electron chi connectivity index (χ0n) is 14.6. The Morgan fingerprint density at radius 2 is 2.12 bits per heavy atom. The van der Waals surface area contributed by atoms with Gasteiger partial charge in [0.2, 0.25) is 11.8 Å². The highest BCUT2D eigenvalue weighted by Crippen LogP contribution is 2.44. The number of hydrogen-bond donors (Lipinski definition) is 1. The van der Waals surface area contributed by atoms with Gasteiger partial charge in [0, 0.05) is 37.1 Å². The van der Waals surface area contributed by atoms with E-state index in [1.165, 1.54) is 0 Å². The number of fused-ring (bicyclic) bond motifs is 1. The number of carbonyl (C=O) groups excluding carboxylic acids is 2. The minimum absolute atomic E-state index is 0.0980. The van der Waals surface area contributed by atoms with Crippen LogP contribution in [0.3, 0.4) is 0 Å². The van der Waals surface area contributed by atoms with E-state index in [4.69, 9.17) is 4.74 Å². The van der Waals surface area contributed by atoms with Crippen molar-refractivity contribution in [2.75, 3.05) is 19.0 Å². The Hall–Kier alpha value is -2.89. The van der Waals surface area contributed by atoms with Gasteiger partial charge < -0.3 is 15.0 Å². The summed E-state index contributed by atoms with van der Waals surface area (Å²) < 4.78 is 5.35. The second-order valence-corrected chi connectivity index (χ2v) is 6.92. The van der Waals surface area contributed by atoms with E-state index in [1.54, 1.807) is 31.6 Å². The summed E-state index contributed by atoms with van der Waals surface area (Å²) in [6.45, 7) is 0.403. The molecule has 1 aromatic carbocycles. The molecule has 0 unspecified atom stereocenters. The van der Waals surface area contributed by atoms with Crippen LogP contribution >= 0.6 is 0 Å². The van der Waals surface area contributed by atoms with Crippen molar-refractivity contribution in [3.8, 4) is 5.75 Å². The summed E-state index contributed by atoms with van der Waals surface area (Å²) in [5, 5.41) is 3.01. The molecular formula is C20H21N3O3. The van der Waals surface area contributed by atoms with Gasteiger partial charge in [0.25, 0.3) is 0 Å². The first-order chi connectivity index (χ1) is 12.6. The fraction of sp³-hybridized carbons (Fsp3) is 0.350. The summed E-state index contributed by atoms with van der Waals surface area (Å²) >= 11 is 0. The Balaban J connectivity index is 1.72. The van der Waals surface area contributed by atoms with Gasteiger partial charge in [-0.1, -0.05) is 12.1 Å². The molecule has 6 heteroatoms. The fourth-order valence-corrected chi connectivity index (χ4v) is 4.09. The number of aromatic nitrogens is 1. The number of anilines is 1. The van der Waals surface area contributed by atoms with Gasteiger partial charge in [-0.15, -0.1) is 0 Å². The molecule has 2 fully saturated rings. The number of carbonyl (C=O) groups is 2. The van der Waals surface area contributed by atoms with E-state index in [0.29, 0.717) is 30.8 Å². The fourth-order valence-electron chi connectivity index (χ4n) is 4.09. The quantitative estimate of drug-likeness (QED) is 0.918. The number of ether oxygens (including phenoxy) is 1. The number of benzene rings is 1. The number of pyridine rings is 1. The van der Waals surface area contributed by atoms with Crippen LogP contribution in [0.4, 0.5) is 5.69 Å². The number of methoxy groups -OCH3 is 1. The van der Waals surface area contributed by atoms with Gasteiger partial charge in [0.15, 0.2) is 0 Å². The number of amides is 2. The summed E-state index contributed by atoms with van der Waals surface area (Å²) in [5.74, 6) is 0.743. The lowest BCUT2D eigenvalue weighted by Crippen LogP contribution is -2.43. The molecule has 2 amide bonds. The van der Waals surface area contributed by atoms with E-state index in [9.17, 15) is 9.59 Å². The molecule has 3 heterocycles. The topological polar surface area (TPSA) is 71.5 Å². The lowest BCUT2D eigenvalue weighted by molar-refractivity contribution is -0.128. The smallest absolute Gasteiger partial charge is 0.236 e. The largest absolute Gasteiger partial charge is 0.497 e. The third-order valence-corrected chi connectivity index (χ3v) is 5.47. The van der Waals surface area contributed by atoms with Crippen molar-refractivity contribution in [2.45, 2.75) is 30.7 Å². The van der Waals surface area contributed by atoms with E-state index < -0.39 is 5.41 Å². The van der Waals surface area contributed by atoms with Crippen molar-refractivity contribution in [3.63, 3.8) is 0 Å². The Morgan fingerprint density at radius 3 is 2.85 bits per heavy atom. The van der Waals surface area contributed by atoms with Crippen LogP contribution in [-0.2, 0) is 15.0 Å². The maximum atomic E-state index is 13.4. The molecule has 2 aliphatic heterocycles. The average Bonchev–Trinajstić information content (AvgIpc) is 3.22. The Morgan fingerprint density at radius 1 is 1.31 bits per heavy atom. The predicted molar refractivity (Wildman–Crippen MR) is 96.9 cm³/mol. The van der Waals surface area contributed by atoms with E-state index >= 15 is 0 Å². The number of hydrogen-bond acceptors (Lipinski definition) is 4. The Kier molecular flexibility index (Phi) is 4.11. The average molecular weight is 351 g/mol. The first-order valence-electron chi connectivity index (χ1n) is 8.78. The summed E-state index contributed by atoms with van der Waals surface area (Å²) in [6, 6.07) is 11.2. The van der Waals surface area contributed by atoms with E-state index in [2.05, 4.69) is 10.3 Å². The van der Waals surface area contributed by atoms with Gasteiger partial charge in [-0.25, -0.2) is 0 Å². The number of rotatable bonds is 4. The van der Waals surface area contributed by atoms with Crippen molar-refractivity contribution < 1.29 is 14.3 Å². The molecule has 2 aliphatic rings. The molecule has 0 spiro atoms. The normalized spacial score (nSPS) is 24.4. The van der Waals surface area contributed by atoms with Crippen LogP contribution in [-0.4, -0.2) is 41.4 Å². The minimum atomic E-state index is -0.779. The SMILES string of the molecule is COc1cccc([C@]2(C(=O)Nc3ccncc3)C[C@@H]3CCC(=O)N3C2)c1. The third-order valence-electron chi connectivity index (χ3n) is 5.47.